The predicted molar refractivity (Wildman–Crippen MR) is 99.9 cm³/mol. The summed E-state index contributed by atoms with van der Waals surface area (Å²) < 4.78 is 5.23. The molecule has 138 valence electrons. The normalized spacial score (nSPS) is 16.0. The number of pyridine rings is 1. The standard InChI is InChI=1S/C21H26N2O3/c1-3-18(15-24)23(14-16-5-4-12-22-13-16)20(25)21(10-11-21)17-6-8-19(26-2)9-7-17/h4-9,12-13,18,24H,3,10-11,14-15H2,1-2H3/t18-/m0/s1. The van der Waals surface area contributed by atoms with E-state index in [9.17, 15) is 9.90 Å². The summed E-state index contributed by atoms with van der Waals surface area (Å²) in [7, 11) is 1.63. The Labute approximate surface area is 154 Å². The largest absolute Gasteiger partial charge is 0.497 e. The van der Waals surface area contributed by atoms with Crippen molar-refractivity contribution in [3.63, 3.8) is 0 Å². The van der Waals surface area contributed by atoms with Crippen LogP contribution >= 0.6 is 0 Å². The van der Waals surface area contributed by atoms with E-state index in [4.69, 9.17) is 4.74 Å². The Morgan fingerprint density at radius 2 is 2.04 bits per heavy atom. The minimum absolute atomic E-state index is 0.0405. The molecular weight excluding hydrogens is 328 g/mol. The van der Waals surface area contributed by atoms with Gasteiger partial charge in [0, 0.05) is 18.9 Å². The van der Waals surface area contributed by atoms with Crippen LogP contribution in [-0.4, -0.2) is 40.7 Å². The Kier molecular flexibility index (Phi) is 5.57. The molecule has 1 saturated carbocycles. The molecule has 1 N–H and O–H groups in total. The van der Waals surface area contributed by atoms with Gasteiger partial charge < -0.3 is 14.7 Å². The van der Waals surface area contributed by atoms with Crippen molar-refractivity contribution in [2.75, 3.05) is 13.7 Å². The maximum absolute atomic E-state index is 13.5. The molecule has 0 spiro atoms. The van der Waals surface area contributed by atoms with Gasteiger partial charge in [-0.2, -0.15) is 0 Å². The lowest BCUT2D eigenvalue weighted by Gasteiger charge is -2.33. The molecular formula is C21H26N2O3. The fourth-order valence-corrected chi connectivity index (χ4v) is 3.44. The van der Waals surface area contributed by atoms with Crippen LogP contribution in [0, 0.1) is 0 Å². The second kappa shape index (κ2) is 7.87. The molecule has 1 aromatic carbocycles. The highest BCUT2D eigenvalue weighted by Crippen LogP contribution is 2.50. The first kappa shape index (κ1) is 18.4. The molecule has 26 heavy (non-hydrogen) atoms. The summed E-state index contributed by atoms with van der Waals surface area (Å²) in [5.74, 6) is 0.874. The van der Waals surface area contributed by atoms with Crippen molar-refractivity contribution < 1.29 is 14.6 Å². The van der Waals surface area contributed by atoms with Gasteiger partial charge in [0.1, 0.15) is 5.75 Å². The van der Waals surface area contributed by atoms with Crippen LogP contribution in [0.5, 0.6) is 5.75 Å². The number of aliphatic hydroxyl groups is 1. The Bertz CT molecular complexity index is 723. The minimum atomic E-state index is -0.475. The number of methoxy groups -OCH3 is 1. The molecule has 0 radical (unpaired) electrons. The summed E-state index contributed by atoms with van der Waals surface area (Å²) >= 11 is 0. The third-order valence-corrected chi connectivity index (χ3v) is 5.26. The molecule has 1 aromatic heterocycles. The Hall–Kier alpha value is -2.40. The number of amides is 1. The number of ether oxygens (including phenoxy) is 1. The Morgan fingerprint density at radius 1 is 1.31 bits per heavy atom. The Morgan fingerprint density at radius 3 is 2.54 bits per heavy atom. The lowest BCUT2D eigenvalue weighted by Crippen LogP contribution is -2.46. The molecule has 2 aromatic rings. The van der Waals surface area contributed by atoms with E-state index in [-0.39, 0.29) is 18.6 Å². The second-order valence-electron chi connectivity index (χ2n) is 6.85. The van der Waals surface area contributed by atoms with E-state index in [1.165, 1.54) is 0 Å². The lowest BCUT2D eigenvalue weighted by molar-refractivity contribution is -0.138. The zero-order valence-corrected chi connectivity index (χ0v) is 15.4. The zero-order valence-electron chi connectivity index (χ0n) is 15.4. The zero-order chi connectivity index (χ0) is 18.6. The van der Waals surface area contributed by atoms with E-state index in [0.29, 0.717) is 13.0 Å². The maximum atomic E-state index is 13.5. The first-order chi connectivity index (χ1) is 12.6. The van der Waals surface area contributed by atoms with Crippen molar-refractivity contribution >= 4 is 5.91 Å². The molecule has 1 aliphatic rings. The van der Waals surface area contributed by atoms with Crippen molar-refractivity contribution in [3.05, 3.63) is 59.9 Å². The van der Waals surface area contributed by atoms with Gasteiger partial charge in [-0.3, -0.25) is 9.78 Å². The fraction of sp³-hybridized carbons (Fsp3) is 0.429. The third-order valence-electron chi connectivity index (χ3n) is 5.26. The fourth-order valence-electron chi connectivity index (χ4n) is 3.44. The van der Waals surface area contributed by atoms with Gasteiger partial charge >= 0.3 is 0 Å². The van der Waals surface area contributed by atoms with Gasteiger partial charge in [-0.15, -0.1) is 0 Å². The molecule has 0 aliphatic heterocycles. The molecule has 0 unspecified atom stereocenters. The predicted octanol–water partition coefficient (Wildman–Crippen LogP) is 2.92. The number of nitrogens with zero attached hydrogens (tertiary/aromatic N) is 2. The number of carbonyl (C=O) groups is 1. The summed E-state index contributed by atoms with van der Waals surface area (Å²) in [6, 6.07) is 11.4. The molecule has 5 heteroatoms. The van der Waals surface area contributed by atoms with Crippen molar-refractivity contribution in [1.29, 1.82) is 0 Å². The summed E-state index contributed by atoms with van der Waals surface area (Å²) in [6.45, 7) is 2.42. The molecule has 0 bridgehead atoms. The molecule has 1 aliphatic carbocycles. The molecule has 5 nitrogen and oxygen atoms in total. The number of rotatable bonds is 8. The van der Waals surface area contributed by atoms with Crippen LogP contribution in [0.1, 0.15) is 37.3 Å². The van der Waals surface area contributed by atoms with Gasteiger partial charge in [-0.25, -0.2) is 0 Å². The van der Waals surface area contributed by atoms with Crippen LogP contribution in [0.3, 0.4) is 0 Å². The Balaban J connectivity index is 1.88. The SMILES string of the molecule is CC[C@@H](CO)N(Cc1cccnc1)C(=O)C1(c2ccc(OC)cc2)CC1. The van der Waals surface area contributed by atoms with Gasteiger partial charge in [0.25, 0.3) is 0 Å². The van der Waals surface area contributed by atoms with Crippen LogP contribution < -0.4 is 4.74 Å². The average Bonchev–Trinajstić information content (AvgIpc) is 3.50. The van der Waals surface area contributed by atoms with Crippen LogP contribution in [0.15, 0.2) is 48.8 Å². The quantitative estimate of drug-likeness (QED) is 0.792. The van der Waals surface area contributed by atoms with Gasteiger partial charge in [0.2, 0.25) is 5.91 Å². The van der Waals surface area contributed by atoms with E-state index in [0.717, 1.165) is 29.7 Å². The van der Waals surface area contributed by atoms with Crippen molar-refractivity contribution in [3.8, 4) is 5.75 Å². The molecule has 1 amide bonds. The number of aromatic nitrogens is 1. The van der Waals surface area contributed by atoms with Gasteiger partial charge in [-0.1, -0.05) is 25.1 Å². The monoisotopic (exact) mass is 354 g/mol. The average molecular weight is 354 g/mol. The maximum Gasteiger partial charge on any atom is 0.233 e. The van der Waals surface area contributed by atoms with Crippen LogP contribution in [-0.2, 0) is 16.8 Å². The third kappa shape index (κ3) is 3.58. The molecule has 3 rings (SSSR count). The summed E-state index contributed by atoms with van der Waals surface area (Å²) in [6.07, 6.45) is 5.88. The summed E-state index contributed by atoms with van der Waals surface area (Å²) in [4.78, 5) is 19.5. The number of hydrogen-bond acceptors (Lipinski definition) is 4. The number of benzene rings is 1. The second-order valence-corrected chi connectivity index (χ2v) is 6.85. The van der Waals surface area contributed by atoms with Gasteiger partial charge in [0.05, 0.1) is 25.2 Å². The van der Waals surface area contributed by atoms with Crippen molar-refractivity contribution in [1.82, 2.24) is 9.88 Å². The van der Waals surface area contributed by atoms with Crippen LogP contribution in [0.4, 0.5) is 0 Å². The van der Waals surface area contributed by atoms with E-state index in [1.807, 2.05) is 48.2 Å². The molecule has 1 atom stereocenters. The van der Waals surface area contributed by atoms with Crippen molar-refractivity contribution in [2.24, 2.45) is 0 Å². The van der Waals surface area contributed by atoms with Gasteiger partial charge in [0.15, 0.2) is 0 Å². The highest BCUT2D eigenvalue weighted by molar-refractivity contribution is 5.91. The van der Waals surface area contributed by atoms with Crippen molar-refractivity contribution in [2.45, 2.75) is 44.2 Å². The summed E-state index contributed by atoms with van der Waals surface area (Å²) in [5, 5.41) is 9.82. The molecule has 0 saturated heterocycles. The summed E-state index contributed by atoms with van der Waals surface area (Å²) in [5.41, 5.74) is 1.52. The first-order valence-electron chi connectivity index (χ1n) is 9.10. The highest BCUT2D eigenvalue weighted by atomic mass is 16.5. The van der Waals surface area contributed by atoms with E-state index in [1.54, 1.807) is 19.5 Å². The topological polar surface area (TPSA) is 62.7 Å². The first-order valence-corrected chi connectivity index (χ1v) is 9.10. The minimum Gasteiger partial charge on any atom is -0.497 e. The highest BCUT2D eigenvalue weighted by Gasteiger charge is 2.53. The van der Waals surface area contributed by atoms with Crippen LogP contribution in [0.25, 0.3) is 0 Å². The smallest absolute Gasteiger partial charge is 0.233 e. The van der Waals surface area contributed by atoms with Crippen LogP contribution in [0.2, 0.25) is 0 Å². The van der Waals surface area contributed by atoms with E-state index in [2.05, 4.69) is 4.98 Å². The van der Waals surface area contributed by atoms with Gasteiger partial charge in [-0.05, 0) is 48.6 Å². The number of carbonyl (C=O) groups excluding carboxylic acids is 1. The van der Waals surface area contributed by atoms with E-state index < -0.39 is 5.41 Å². The molecule has 1 fully saturated rings. The van der Waals surface area contributed by atoms with E-state index >= 15 is 0 Å². The molecule has 1 heterocycles. The number of aliphatic hydroxyl groups excluding tert-OH is 1. The number of hydrogen-bond donors (Lipinski definition) is 1. The lowest BCUT2D eigenvalue weighted by atomic mass is 9.93.